The molecule has 0 amide bonds. The highest BCUT2D eigenvalue weighted by atomic mass is 15.2. The SMILES string of the molecule is C#Cc1cccc(-c2ccc(-c3cc(-c4cc(-c5ccccc5)cc(-c5ccccc5)c4)cc(-c4ccc5c(c4)c4cc(-c6ccc7c(c6)c6ccccc6n7-c6ccccc6)ccc4n5-c4nc(-c5ccccc5)nc(-c5ccccc5)n4)c3)c(-c3cccc(C#C)c3C#C)c2)c1C#C. The van der Waals surface area contributed by atoms with Crippen LogP contribution in [-0.2, 0) is 0 Å². The van der Waals surface area contributed by atoms with Crippen molar-refractivity contribution >= 4 is 43.6 Å². The van der Waals surface area contributed by atoms with Crippen molar-refractivity contribution in [3.63, 3.8) is 0 Å². The molecule has 17 rings (SSSR count). The number of nitrogens with zero attached hydrogens (tertiary/aromatic N) is 5. The first-order valence-corrected chi connectivity index (χ1v) is 33.1. The molecule has 5 nitrogen and oxygen atoms in total. The van der Waals surface area contributed by atoms with E-state index in [4.69, 9.17) is 40.6 Å². The number of hydrogen-bond donors (Lipinski definition) is 0. The number of para-hydroxylation sites is 2. The molecule has 0 unspecified atom stereocenters. The molecule has 100 heavy (non-hydrogen) atoms. The highest BCUT2D eigenvalue weighted by Crippen LogP contribution is 2.46. The Kier molecular flexibility index (Phi) is 15.1. The summed E-state index contributed by atoms with van der Waals surface area (Å²) in [6.07, 6.45) is 25.1. The van der Waals surface area contributed by atoms with Crippen LogP contribution in [0.1, 0.15) is 22.3 Å². The molecule has 3 heterocycles. The summed E-state index contributed by atoms with van der Waals surface area (Å²) >= 11 is 0. The Labute approximate surface area is 580 Å². The van der Waals surface area contributed by atoms with Gasteiger partial charge in [-0.05, 0) is 198 Å². The van der Waals surface area contributed by atoms with Crippen molar-refractivity contribution < 1.29 is 0 Å². The van der Waals surface area contributed by atoms with Gasteiger partial charge in [0, 0.05) is 60.6 Å². The maximum Gasteiger partial charge on any atom is 0.238 e. The second-order valence-electron chi connectivity index (χ2n) is 24.9. The van der Waals surface area contributed by atoms with Crippen LogP contribution in [0.5, 0.6) is 0 Å². The Morgan fingerprint density at radius 1 is 0.220 bits per heavy atom. The van der Waals surface area contributed by atoms with E-state index in [9.17, 15) is 0 Å². The maximum absolute atomic E-state index is 6.50. The van der Waals surface area contributed by atoms with Gasteiger partial charge in [-0.3, -0.25) is 4.57 Å². The minimum atomic E-state index is 0.497. The minimum absolute atomic E-state index is 0.497. The van der Waals surface area contributed by atoms with Crippen molar-refractivity contribution in [1.29, 1.82) is 0 Å². The van der Waals surface area contributed by atoms with Crippen LogP contribution in [0.15, 0.2) is 322 Å². The Balaban J connectivity index is 0.932. The van der Waals surface area contributed by atoms with Gasteiger partial charge in [0.2, 0.25) is 5.95 Å². The number of aromatic nitrogens is 5. The van der Waals surface area contributed by atoms with E-state index < -0.39 is 0 Å². The number of terminal acetylenes is 4. The Bertz CT molecular complexity index is 6170. The largest absolute Gasteiger partial charge is 0.309 e. The van der Waals surface area contributed by atoms with Crippen molar-refractivity contribution in [1.82, 2.24) is 24.1 Å². The lowest BCUT2D eigenvalue weighted by Gasteiger charge is -2.19. The lowest BCUT2D eigenvalue weighted by atomic mass is 9.84. The summed E-state index contributed by atoms with van der Waals surface area (Å²) < 4.78 is 4.55. The van der Waals surface area contributed by atoms with Gasteiger partial charge >= 0.3 is 0 Å². The van der Waals surface area contributed by atoms with Gasteiger partial charge in [-0.2, -0.15) is 9.97 Å². The van der Waals surface area contributed by atoms with Crippen molar-refractivity contribution in [3.05, 3.63) is 344 Å². The first-order chi connectivity index (χ1) is 49.4. The average Bonchev–Trinajstić information content (AvgIpc) is 1.54. The van der Waals surface area contributed by atoms with Gasteiger partial charge in [-0.25, -0.2) is 4.98 Å². The zero-order valence-electron chi connectivity index (χ0n) is 54.1. The first kappa shape index (κ1) is 59.7. The topological polar surface area (TPSA) is 48.5 Å². The minimum Gasteiger partial charge on any atom is -0.309 e. The number of hydrogen-bond acceptors (Lipinski definition) is 3. The van der Waals surface area contributed by atoms with Crippen molar-refractivity contribution in [3.8, 4) is 173 Å². The van der Waals surface area contributed by atoms with E-state index in [0.29, 0.717) is 39.9 Å². The molecule has 0 fully saturated rings. The molecule has 0 aliphatic heterocycles. The fraction of sp³-hybridized carbons (Fsp3) is 0. The molecule has 0 N–H and O–H groups in total. The third-order valence-corrected chi connectivity index (χ3v) is 19.1. The summed E-state index contributed by atoms with van der Waals surface area (Å²) in [6, 6.07) is 113. The number of benzene rings is 14. The lowest BCUT2D eigenvalue weighted by Crippen LogP contribution is -2.06. The van der Waals surface area contributed by atoms with E-state index in [1.807, 2.05) is 91.0 Å². The van der Waals surface area contributed by atoms with E-state index in [1.54, 1.807) is 0 Å². The van der Waals surface area contributed by atoms with Crippen LogP contribution >= 0.6 is 0 Å². The van der Waals surface area contributed by atoms with E-state index in [1.165, 1.54) is 10.8 Å². The van der Waals surface area contributed by atoms with Gasteiger partial charge in [0.1, 0.15) is 0 Å². The highest BCUT2D eigenvalue weighted by Gasteiger charge is 2.23. The van der Waals surface area contributed by atoms with Gasteiger partial charge in [0.05, 0.1) is 22.1 Å². The van der Waals surface area contributed by atoms with E-state index >= 15 is 0 Å². The fourth-order valence-electron chi connectivity index (χ4n) is 14.3. The highest BCUT2D eigenvalue weighted by molar-refractivity contribution is 6.13. The molecule has 0 saturated carbocycles. The molecule has 0 bridgehead atoms. The normalized spacial score (nSPS) is 11.2. The van der Waals surface area contributed by atoms with Crippen LogP contribution < -0.4 is 0 Å². The van der Waals surface area contributed by atoms with Crippen LogP contribution in [-0.4, -0.2) is 24.1 Å². The molecule has 0 spiro atoms. The quantitative estimate of drug-likeness (QED) is 0.115. The molecular weight excluding hydrogens is 1210 g/mol. The summed E-state index contributed by atoms with van der Waals surface area (Å²) in [5.41, 5.74) is 25.4. The van der Waals surface area contributed by atoms with E-state index in [0.717, 1.165) is 139 Å². The molecular formula is C95H57N5. The van der Waals surface area contributed by atoms with E-state index in [-0.39, 0.29) is 0 Å². The molecule has 0 aliphatic rings. The van der Waals surface area contributed by atoms with Crippen LogP contribution in [0, 0.1) is 49.4 Å². The standard InChI is InChI=1S/C95H57N5/c1-5-62-36-26-41-81(79(62)7-3)71-44-48-82(85(61-71)83-42-27-37-63(6-2)80(83)8-4)77-56-74(55-76(57-77)75-53-72(64-28-14-9-15-29-64)52-73(54-75)65-30-16-10-17-31-65)70-47-51-92-88(60-70)87-59-69(68-45-49-90-86(58-68)84-40-24-25-43-89(84)99(90)78-38-22-13-23-39-78)46-50-91(87)100(92)95-97-93(66-32-18-11-19-33-66)96-94(98-95)67-34-20-12-21-35-67/h1-4,9-61H. The Hall–Kier alpha value is -14.1. The second kappa shape index (κ2) is 25.2. The van der Waals surface area contributed by atoms with Crippen LogP contribution in [0.25, 0.3) is 167 Å². The molecule has 5 heteroatoms. The summed E-state index contributed by atoms with van der Waals surface area (Å²) in [6.45, 7) is 0. The van der Waals surface area contributed by atoms with E-state index in [2.05, 4.69) is 263 Å². The summed E-state index contributed by atoms with van der Waals surface area (Å²) in [5, 5.41) is 4.39. The first-order valence-electron chi connectivity index (χ1n) is 33.1. The fourth-order valence-corrected chi connectivity index (χ4v) is 14.3. The van der Waals surface area contributed by atoms with Gasteiger partial charge < -0.3 is 4.57 Å². The number of rotatable bonds is 12. The molecule has 0 saturated heterocycles. The summed E-state index contributed by atoms with van der Waals surface area (Å²) in [5.74, 6) is 13.2. The zero-order valence-corrected chi connectivity index (χ0v) is 54.1. The molecule has 0 atom stereocenters. The van der Waals surface area contributed by atoms with Crippen LogP contribution in [0.3, 0.4) is 0 Å². The maximum atomic E-state index is 6.50. The lowest BCUT2D eigenvalue weighted by molar-refractivity contribution is 0.953. The van der Waals surface area contributed by atoms with Gasteiger partial charge in [-0.15, -0.1) is 25.7 Å². The van der Waals surface area contributed by atoms with Crippen molar-refractivity contribution in [2.75, 3.05) is 0 Å². The van der Waals surface area contributed by atoms with Crippen molar-refractivity contribution in [2.24, 2.45) is 0 Å². The molecule has 14 aromatic carbocycles. The average molecular weight is 1270 g/mol. The zero-order chi connectivity index (χ0) is 67.2. The monoisotopic (exact) mass is 1270 g/mol. The molecule has 3 aromatic heterocycles. The van der Waals surface area contributed by atoms with Crippen LogP contribution in [0.4, 0.5) is 0 Å². The van der Waals surface area contributed by atoms with Gasteiger partial charge in [0.15, 0.2) is 11.6 Å². The summed E-state index contributed by atoms with van der Waals surface area (Å²) in [7, 11) is 0. The van der Waals surface area contributed by atoms with Crippen molar-refractivity contribution in [2.45, 2.75) is 0 Å². The van der Waals surface area contributed by atoms with Gasteiger partial charge in [-0.1, -0.05) is 236 Å². The molecule has 0 radical (unpaired) electrons. The second-order valence-corrected chi connectivity index (χ2v) is 24.9. The molecule has 0 aliphatic carbocycles. The third kappa shape index (κ3) is 10.6. The Morgan fingerprint density at radius 3 is 1.12 bits per heavy atom. The predicted octanol–water partition coefficient (Wildman–Crippen LogP) is 22.7. The van der Waals surface area contributed by atoms with Gasteiger partial charge in [0.25, 0.3) is 0 Å². The predicted molar refractivity (Wildman–Crippen MR) is 415 cm³/mol. The molecule has 462 valence electrons. The Morgan fingerprint density at radius 2 is 0.610 bits per heavy atom. The smallest absolute Gasteiger partial charge is 0.238 e. The third-order valence-electron chi connectivity index (χ3n) is 19.1. The number of fused-ring (bicyclic) bond motifs is 6. The summed E-state index contributed by atoms with van der Waals surface area (Å²) in [4.78, 5) is 15.9. The molecule has 17 aromatic rings. The van der Waals surface area contributed by atoms with Crippen LogP contribution in [0.2, 0.25) is 0 Å².